The van der Waals surface area contributed by atoms with Crippen LogP contribution in [0.3, 0.4) is 0 Å². The SMILES string of the molecule is CN=C(NCCCOC1CCCCC1)NCc1cccc(OCC(N)=O)c1. The van der Waals surface area contributed by atoms with E-state index >= 15 is 0 Å². The van der Waals surface area contributed by atoms with Crippen LogP contribution < -0.4 is 21.1 Å². The van der Waals surface area contributed by atoms with Crippen LogP contribution in [0.4, 0.5) is 0 Å². The van der Waals surface area contributed by atoms with E-state index < -0.39 is 5.91 Å². The van der Waals surface area contributed by atoms with Crippen LogP contribution in [0, 0.1) is 0 Å². The molecule has 0 atom stereocenters. The molecule has 0 saturated heterocycles. The first-order chi connectivity index (χ1) is 13.2. The quantitative estimate of drug-likeness (QED) is 0.329. The third-order valence-corrected chi connectivity index (χ3v) is 4.48. The van der Waals surface area contributed by atoms with Gasteiger partial charge in [-0.05, 0) is 37.0 Å². The Kier molecular flexibility index (Phi) is 9.48. The molecule has 1 fully saturated rings. The van der Waals surface area contributed by atoms with Gasteiger partial charge in [-0.2, -0.15) is 0 Å². The standard InChI is InChI=1S/C20H32N4O3/c1-22-20(23-11-6-12-26-17-8-3-2-4-9-17)24-14-16-7-5-10-18(13-16)27-15-19(21)25/h5,7,10,13,17H,2-4,6,8-9,11-12,14-15H2,1H3,(H2,21,25)(H2,22,23,24). The van der Waals surface area contributed by atoms with Crippen molar-refractivity contribution in [1.82, 2.24) is 10.6 Å². The van der Waals surface area contributed by atoms with Crippen molar-refractivity contribution in [3.05, 3.63) is 29.8 Å². The number of carbonyl (C=O) groups excluding carboxylic acids is 1. The topological polar surface area (TPSA) is 98.0 Å². The van der Waals surface area contributed by atoms with Gasteiger partial charge in [0, 0.05) is 26.7 Å². The van der Waals surface area contributed by atoms with Crippen LogP contribution in [-0.2, 0) is 16.1 Å². The van der Waals surface area contributed by atoms with Crippen LogP contribution in [0.25, 0.3) is 0 Å². The van der Waals surface area contributed by atoms with Gasteiger partial charge in [-0.3, -0.25) is 9.79 Å². The molecule has 1 amide bonds. The van der Waals surface area contributed by atoms with Gasteiger partial charge in [-0.15, -0.1) is 0 Å². The van der Waals surface area contributed by atoms with Crippen molar-refractivity contribution in [2.24, 2.45) is 10.7 Å². The Balaban J connectivity index is 1.63. The molecule has 0 unspecified atom stereocenters. The lowest BCUT2D eigenvalue weighted by Crippen LogP contribution is -2.37. The summed E-state index contributed by atoms with van der Waals surface area (Å²) in [5.41, 5.74) is 6.12. The highest BCUT2D eigenvalue weighted by molar-refractivity contribution is 5.79. The molecule has 1 aliphatic rings. The third-order valence-electron chi connectivity index (χ3n) is 4.48. The van der Waals surface area contributed by atoms with Gasteiger partial charge in [0.15, 0.2) is 12.6 Å². The van der Waals surface area contributed by atoms with Crippen LogP contribution in [0.5, 0.6) is 5.75 Å². The minimum absolute atomic E-state index is 0.122. The Morgan fingerprint density at radius 2 is 2.07 bits per heavy atom. The molecule has 27 heavy (non-hydrogen) atoms. The highest BCUT2D eigenvalue weighted by Gasteiger charge is 2.12. The number of nitrogens with zero attached hydrogens (tertiary/aromatic N) is 1. The number of amides is 1. The molecule has 1 aromatic carbocycles. The van der Waals surface area contributed by atoms with E-state index in [2.05, 4.69) is 15.6 Å². The molecule has 1 aliphatic carbocycles. The number of primary amides is 1. The fourth-order valence-corrected chi connectivity index (χ4v) is 3.07. The zero-order chi connectivity index (χ0) is 19.3. The van der Waals surface area contributed by atoms with E-state index in [9.17, 15) is 4.79 Å². The minimum atomic E-state index is -0.490. The average molecular weight is 377 g/mol. The molecule has 0 aromatic heterocycles. The maximum atomic E-state index is 10.8. The van der Waals surface area contributed by atoms with Crippen molar-refractivity contribution in [2.45, 2.75) is 51.2 Å². The van der Waals surface area contributed by atoms with E-state index in [4.69, 9.17) is 15.2 Å². The van der Waals surface area contributed by atoms with E-state index in [1.807, 2.05) is 18.2 Å². The molecule has 4 N–H and O–H groups in total. The molecule has 0 bridgehead atoms. The molecule has 0 radical (unpaired) electrons. The molecule has 1 saturated carbocycles. The molecule has 7 heteroatoms. The Bertz CT molecular complexity index is 601. The number of carbonyl (C=O) groups is 1. The maximum Gasteiger partial charge on any atom is 0.255 e. The third kappa shape index (κ3) is 8.77. The Morgan fingerprint density at radius 3 is 2.81 bits per heavy atom. The lowest BCUT2D eigenvalue weighted by atomic mass is 9.98. The number of hydrogen-bond acceptors (Lipinski definition) is 4. The predicted octanol–water partition coefficient (Wildman–Crippen LogP) is 1.96. The largest absolute Gasteiger partial charge is 0.484 e. The number of nitrogens with one attached hydrogen (secondary N) is 2. The summed E-state index contributed by atoms with van der Waals surface area (Å²) in [5, 5.41) is 6.57. The smallest absolute Gasteiger partial charge is 0.255 e. The number of guanidine groups is 1. The number of hydrogen-bond donors (Lipinski definition) is 3. The molecule has 1 aromatic rings. The summed E-state index contributed by atoms with van der Waals surface area (Å²) in [6, 6.07) is 7.54. The van der Waals surface area contributed by atoms with Crippen LogP contribution >= 0.6 is 0 Å². The fourth-order valence-electron chi connectivity index (χ4n) is 3.07. The van der Waals surface area contributed by atoms with Gasteiger partial charge in [0.2, 0.25) is 0 Å². The van der Waals surface area contributed by atoms with Crippen LogP contribution in [0.2, 0.25) is 0 Å². The minimum Gasteiger partial charge on any atom is -0.484 e. The van der Waals surface area contributed by atoms with Crippen LogP contribution in [0.1, 0.15) is 44.1 Å². The zero-order valence-electron chi connectivity index (χ0n) is 16.2. The van der Waals surface area contributed by atoms with Crippen molar-refractivity contribution >= 4 is 11.9 Å². The maximum absolute atomic E-state index is 10.8. The van der Waals surface area contributed by atoms with Crippen molar-refractivity contribution in [1.29, 1.82) is 0 Å². The number of nitrogens with two attached hydrogens (primary N) is 1. The lowest BCUT2D eigenvalue weighted by molar-refractivity contribution is -0.119. The summed E-state index contributed by atoms with van der Waals surface area (Å²) < 4.78 is 11.3. The lowest BCUT2D eigenvalue weighted by Gasteiger charge is -2.22. The Morgan fingerprint density at radius 1 is 1.26 bits per heavy atom. The van der Waals surface area contributed by atoms with Gasteiger partial charge in [0.1, 0.15) is 5.75 Å². The molecule has 0 aliphatic heterocycles. The van der Waals surface area contributed by atoms with Gasteiger partial charge >= 0.3 is 0 Å². The predicted molar refractivity (Wildman–Crippen MR) is 107 cm³/mol. The molecule has 2 rings (SSSR count). The number of rotatable bonds is 10. The Hall–Kier alpha value is -2.28. The number of ether oxygens (including phenoxy) is 2. The first-order valence-corrected chi connectivity index (χ1v) is 9.73. The van der Waals surface area contributed by atoms with Crippen LogP contribution in [-0.4, -0.2) is 44.8 Å². The summed E-state index contributed by atoms with van der Waals surface area (Å²) >= 11 is 0. The number of aliphatic imine (C=N–C) groups is 1. The average Bonchev–Trinajstić information content (AvgIpc) is 2.69. The molecule has 150 valence electrons. The van der Waals surface area contributed by atoms with Gasteiger partial charge in [0.05, 0.1) is 6.10 Å². The zero-order valence-corrected chi connectivity index (χ0v) is 16.2. The molecule has 0 heterocycles. The monoisotopic (exact) mass is 376 g/mol. The van der Waals surface area contributed by atoms with E-state index in [1.54, 1.807) is 13.1 Å². The summed E-state index contributed by atoms with van der Waals surface area (Å²) in [4.78, 5) is 15.0. The van der Waals surface area contributed by atoms with Gasteiger partial charge in [0.25, 0.3) is 5.91 Å². The second-order valence-corrected chi connectivity index (χ2v) is 6.74. The molecular weight excluding hydrogens is 344 g/mol. The fraction of sp³-hybridized carbons (Fsp3) is 0.600. The van der Waals surface area contributed by atoms with Crippen molar-refractivity contribution in [3.63, 3.8) is 0 Å². The van der Waals surface area contributed by atoms with E-state index in [0.29, 0.717) is 18.4 Å². The van der Waals surface area contributed by atoms with E-state index in [0.717, 1.165) is 31.1 Å². The van der Waals surface area contributed by atoms with Gasteiger partial charge in [-0.1, -0.05) is 31.4 Å². The Labute approximate surface area is 161 Å². The summed E-state index contributed by atoms with van der Waals surface area (Å²) in [7, 11) is 1.75. The number of benzene rings is 1. The highest BCUT2D eigenvalue weighted by atomic mass is 16.5. The van der Waals surface area contributed by atoms with E-state index in [1.165, 1.54) is 32.1 Å². The van der Waals surface area contributed by atoms with E-state index in [-0.39, 0.29) is 6.61 Å². The second-order valence-electron chi connectivity index (χ2n) is 6.74. The van der Waals surface area contributed by atoms with Gasteiger partial charge < -0.3 is 25.8 Å². The molecular formula is C20H32N4O3. The molecule has 0 spiro atoms. The van der Waals surface area contributed by atoms with Gasteiger partial charge in [-0.25, -0.2) is 0 Å². The first kappa shape index (κ1) is 21.0. The summed E-state index contributed by atoms with van der Waals surface area (Å²) in [6.07, 6.45) is 7.78. The summed E-state index contributed by atoms with van der Waals surface area (Å²) in [5.74, 6) is 0.877. The van der Waals surface area contributed by atoms with Crippen molar-refractivity contribution in [2.75, 3.05) is 26.8 Å². The molecule has 7 nitrogen and oxygen atoms in total. The van der Waals surface area contributed by atoms with Crippen LogP contribution in [0.15, 0.2) is 29.3 Å². The van der Waals surface area contributed by atoms with Crippen molar-refractivity contribution < 1.29 is 14.3 Å². The summed E-state index contributed by atoms with van der Waals surface area (Å²) in [6.45, 7) is 2.08. The normalized spacial score (nSPS) is 15.4. The highest BCUT2D eigenvalue weighted by Crippen LogP contribution is 2.20. The first-order valence-electron chi connectivity index (χ1n) is 9.73. The second kappa shape index (κ2) is 12.2. The van der Waals surface area contributed by atoms with Crippen molar-refractivity contribution in [3.8, 4) is 5.75 Å².